The Balaban J connectivity index is 1.31. The average molecular weight is 414 g/mol. The Morgan fingerprint density at radius 1 is 1.14 bits per heavy atom. The molecule has 0 bridgehead atoms. The maximum absolute atomic E-state index is 13.0. The molecule has 2 aromatic rings. The summed E-state index contributed by atoms with van der Waals surface area (Å²) in [7, 11) is 0. The molecule has 0 spiro atoms. The van der Waals surface area contributed by atoms with Crippen LogP contribution in [0.15, 0.2) is 41.8 Å². The highest BCUT2D eigenvalue weighted by atomic mass is 32.1. The Labute approximate surface area is 175 Å². The van der Waals surface area contributed by atoms with E-state index in [4.69, 9.17) is 4.74 Å². The van der Waals surface area contributed by atoms with E-state index in [9.17, 15) is 9.59 Å². The lowest BCUT2D eigenvalue weighted by molar-refractivity contribution is -0.137. The number of rotatable bonds is 6. The van der Waals surface area contributed by atoms with Crippen LogP contribution in [0.5, 0.6) is 5.75 Å². The number of carbonyl (C=O) groups excluding carboxylic acids is 2. The van der Waals surface area contributed by atoms with Crippen LogP contribution in [0, 0.1) is 5.92 Å². The number of nitrogens with zero attached hydrogens (tertiary/aromatic N) is 3. The maximum Gasteiger partial charge on any atom is 0.228 e. The van der Waals surface area contributed by atoms with Crippen molar-refractivity contribution >= 4 is 28.8 Å². The molecular weight excluding hydrogens is 386 g/mol. The van der Waals surface area contributed by atoms with Gasteiger partial charge in [0.15, 0.2) is 0 Å². The van der Waals surface area contributed by atoms with E-state index in [1.807, 2.05) is 36.1 Å². The minimum absolute atomic E-state index is 0.0174. The molecule has 0 saturated carbocycles. The van der Waals surface area contributed by atoms with Gasteiger partial charge in [0.05, 0.1) is 12.5 Å². The zero-order chi connectivity index (χ0) is 20.2. The molecule has 29 heavy (non-hydrogen) atoms. The minimum atomic E-state index is -0.252. The van der Waals surface area contributed by atoms with Crippen LogP contribution in [0.3, 0.4) is 0 Å². The third kappa shape index (κ3) is 4.62. The van der Waals surface area contributed by atoms with Gasteiger partial charge in [0.25, 0.3) is 0 Å². The van der Waals surface area contributed by atoms with Gasteiger partial charge in [-0.1, -0.05) is 6.07 Å². The number of piperazine rings is 1. The molecule has 0 N–H and O–H groups in total. The third-order valence-electron chi connectivity index (χ3n) is 5.58. The first kappa shape index (κ1) is 19.9. The summed E-state index contributed by atoms with van der Waals surface area (Å²) in [5.41, 5.74) is 0.828. The van der Waals surface area contributed by atoms with Gasteiger partial charge in [-0.3, -0.25) is 14.5 Å². The first-order valence-electron chi connectivity index (χ1n) is 10.2. The van der Waals surface area contributed by atoms with Crippen molar-refractivity contribution in [1.82, 2.24) is 9.80 Å². The lowest BCUT2D eigenvalue weighted by Gasteiger charge is -2.35. The molecule has 4 rings (SSSR count). The fourth-order valence-electron chi connectivity index (χ4n) is 4.02. The number of hydrogen-bond donors (Lipinski definition) is 0. The number of carbonyl (C=O) groups is 2. The molecule has 3 heterocycles. The largest absolute Gasteiger partial charge is 0.494 e. The fourth-order valence-corrected chi connectivity index (χ4v) is 4.77. The normalized spacial score (nSPS) is 20.3. The summed E-state index contributed by atoms with van der Waals surface area (Å²) in [5.74, 6) is 0.667. The van der Waals surface area contributed by atoms with E-state index in [0.29, 0.717) is 19.6 Å². The quantitative estimate of drug-likeness (QED) is 0.731. The minimum Gasteiger partial charge on any atom is -0.494 e. The second kappa shape index (κ2) is 8.97. The first-order chi connectivity index (χ1) is 14.1. The highest BCUT2D eigenvalue weighted by Gasteiger charge is 2.37. The molecule has 1 aromatic carbocycles. The predicted octanol–water partition coefficient (Wildman–Crippen LogP) is 2.84. The van der Waals surface area contributed by atoms with E-state index in [0.717, 1.165) is 44.2 Å². The lowest BCUT2D eigenvalue weighted by atomic mass is 10.1. The van der Waals surface area contributed by atoms with Gasteiger partial charge < -0.3 is 14.5 Å². The van der Waals surface area contributed by atoms with Crippen molar-refractivity contribution in [3.05, 3.63) is 46.7 Å². The highest BCUT2D eigenvalue weighted by Crippen LogP contribution is 2.28. The predicted molar refractivity (Wildman–Crippen MR) is 114 cm³/mol. The van der Waals surface area contributed by atoms with Gasteiger partial charge in [0, 0.05) is 56.3 Å². The molecule has 0 radical (unpaired) electrons. The molecule has 2 fully saturated rings. The van der Waals surface area contributed by atoms with Crippen molar-refractivity contribution in [2.45, 2.75) is 19.9 Å². The van der Waals surface area contributed by atoms with Crippen molar-refractivity contribution < 1.29 is 14.3 Å². The molecule has 2 saturated heterocycles. The fraction of sp³-hybridized carbons (Fsp3) is 0.455. The Hall–Kier alpha value is -2.38. The van der Waals surface area contributed by atoms with Gasteiger partial charge in [-0.15, -0.1) is 11.3 Å². The van der Waals surface area contributed by atoms with Gasteiger partial charge in [-0.05, 0) is 42.6 Å². The van der Waals surface area contributed by atoms with Gasteiger partial charge >= 0.3 is 0 Å². The number of ether oxygens (including phenoxy) is 1. The lowest BCUT2D eigenvalue weighted by Crippen LogP contribution is -2.50. The van der Waals surface area contributed by atoms with Gasteiger partial charge in [0.1, 0.15) is 5.75 Å². The van der Waals surface area contributed by atoms with E-state index in [2.05, 4.69) is 22.4 Å². The van der Waals surface area contributed by atoms with Crippen LogP contribution in [0.2, 0.25) is 0 Å². The van der Waals surface area contributed by atoms with Crippen LogP contribution < -0.4 is 9.64 Å². The Bertz CT molecular complexity index is 829. The second-order valence-corrected chi connectivity index (χ2v) is 8.55. The summed E-state index contributed by atoms with van der Waals surface area (Å²) < 4.78 is 5.46. The number of hydrogen-bond acceptors (Lipinski definition) is 5. The van der Waals surface area contributed by atoms with Crippen LogP contribution in [-0.2, 0) is 16.1 Å². The zero-order valence-electron chi connectivity index (χ0n) is 16.8. The van der Waals surface area contributed by atoms with Crippen LogP contribution in [0.4, 0.5) is 5.69 Å². The van der Waals surface area contributed by atoms with E-state index < -0.39 is 0 Å². The van der Waals surface area contributed by atoms with Gasteiger partial charge in [-0.25, -0.2) is 0 Å². The zero-order valence-corrected chi connectivity index (χ0v) is 17.6. The molecule has 154 valence electrons. The van der Waals surface area contributed by atoms with Crippen molar-refractivity contribution in [2.24, 2.45) is 5.92 Å². The van der Waals surface area contributed by atoms with Crippen molar-refractivity contribution in [3.63, 3.8) is 0 Å². The number of benzene rings is 1. The van der Waals surface area contributed by atoms with E-state index in [1.54, 1.807) is 16.2 Å². The van der Waals surface area contributed by atoms with Crippen LogP contribution in [-0.4, -0.2) is 60.9 Å². The monoisotopic (exact) mass is 413 g/mol. The number of thiophene rings is 1. The molecule has 6 nitrogen and oxygen atoms in total. The summed E-state index contributed by atoms with van der Waals surface area (Å²) >= 11 is 1.77. The summed E-state index contributed by atoms with van der Waals surface area (Å²) in [6, 6.07) is 11.7. The van der Waals surface area contributed by atoms with Gasteiger partial charge in [-0.2, -0.15) is 0 Å². The Kier molecular flexibility index (Phi) is 6.16. The van der Waals surface area contributed by atoms with Crippen LogP contribution in [0.25, 0.3) is 0 Å². The molecule has 2 aliphatic heterocycles. The summed E-state index contributed by atoms with van der Waals surface area (Å²) in [6.07, 6.45) is 0.293. The van der Waals surface area contributed by atoms with E-state index in [1.165, 1.54) is 4.88 Å². The molecule has 1 atom stereocenters. The standard InChI is InChI=1S/C22H27N3O3S/c1-2-28-19-7-5-18(6-8-19)25-15-17(14-21(25)26)22(27)24-11-9-23(10-12-24)16-20-4-3-13-29-20/h3-8,13,17H,2,9-12,14-16H2,1H3/t17-/m0/s1. The summed E-state index contributed by atoms with van der Waals surface area (Å²) in [5, 5.41) is 2.10. The smallest absolute Gasteiger partial charge is 0.228 e. The van der Waals surface area contributed by atoms with E-state index >= 15 is 0 Å². The highest BCUT2D eigenvalue weighted by molar-refractivity contribution is 7.09. The summed E-state index contributed by atoms with van der Waals surface area (Å²) in [6.45, 7) is 7.19. The van der Waals surface area contributed by atoms with Crippen LogP contribution >= 0.6 is 11.3 Å². The van der Waals surface area contributed by atoms with Crippen molar-refractivity contribution in [2.75, 3.05) is 44.2 Å². The molecule has 2 aliphatic rings. The molecule has 0 aliphatic carbocycles. The van der Waals surface area contributed by atoms with Gasteiger partial charge in [0.2, 0.25) is 11.8 Å². The van der Waals surface area contributed by atoms with Crippen LogP contribution in [0.1, 0.15) is 18.2 Å². The summed E-state index contributed by atoms with van der Waals surface area (Å²) in [4.78, 5) is 32.9. The average Bonchev–Trinajstić information content (AvgIpc) is 3.39. The third-order valence-corrected chi connectivity index (χ3v) is 6.44. The Morgan fingerprint density at radius 2 is 1.90 bits per heavy atom. The topological polar surface area (TPSA) is 53.1 Å². The second-order valence-electron chi connectivity index (χ2n) is 7.51. The first-order valence-corrected chi connectivity index (χ1v) is 11.1. The number of anilines is 1. The van der Waals surface area contributed by atoms with E-state index in [-0.39, 0.29) is 17.7 Å². The number of amides is 2. The molecule has 2 amide bonds. The van der Waals surface area contributed by atoms with Crippen molar-refractivity contribution in [1.29, 1.82) is 0 Å². The molecule has 1 aromatic heterocycles. The molecule has 7 heteroatoms. The Morgan fingerprint density at radius 3 is 2.55 bits per heavy atom. The molecular formula is C22H27N3O3S. The SMILES string of the molecule is CCOc1ccc(N2C[C@@H](C(=O)N3CCN(Cc4cccs4)CC3)CC2=O)cc1. The molecule has 0 unspecified atom stereocenters. The van der Waals surface area contributed by atoms with Crippen molar-refractivity contribution in [3.8, 4) is 5.75 Å². The maximum atomic E-state index is 13.0.